The molecule has 2 aromatic rings. The Hall–Kier alpha value is -2.53. The first-order chi connectivity index (χ1) is 10.2. The number of rotatable bonds is 4. The van der Waals surface area contributed by atoms with Crippen molar-refractivity contribution in [2.75, 3.05) is 12.4 Å². The lowest BCUT2D eigenvalue weighted by atomic mass is 10.2. The molecule has 0 fully saturated rings. The van der Waals surface area contributed by atoms with Gasteiger partial charge in [0, 0.05) is 10.7 Å². The fourth-order valence-corrected chi connectivity index (χ4v) is 1.62. The molecule has 0 heterocycles. The Morgan fingerprint density at radius 3 is 2.43 bits per heavy atom. The number of methoxy groups -OCH3 is 1. The summed E-state index contributed by atoms with van der Waals surface area (Å²) < 4.78 is 5.04. The molecule has 1 N–H and O–H groups in total. The van der Waals surface area contributed by atoms with E-state index in [4.69, 9.17) is 21.2 Å². The van der Waals surface area contributed by atoms with Gasteiger partial charge >= 0.3 is 6.09 Å². The van der Waals surface area contributed by atoms with E-state index in [1.807, 2.05) is 0 Å². The van der Waals surface area contributed by atoms with Crippen LogP contribution in [0.15, 0.2) is 53.7 Å². The number of hydrogen-bond donors (Lipinski definition) is 1. The number of hydrogen-bond acceptors (Lipinski definition) is 4. The number of anilines is 1. The zero-order valence-corrected chi connectivity index (χ0v) is 12.0. The van der Waals surface area contributed by atoms with Crippen LogP contribution in [0.4, 0.5) is 10.5 Å². The molecule has 0 spiro atoms. The number of amides is 1. The molecule has 1 amide bonds. The molecule has 0 aromatic heterocycles. The lowest BCUT2D eigenvalue weighted by Gasteiger charge is -2.02. The molecule has 108 valence electrons. The maximum absolute atomic E-state index is 11.5. The molecule has 0 bridgehead atoms. The van der Waals surface area contributed by atoms with Crippen molar-refractivity contribution in [2.45, 2.75) is 0 Å². The second-order valence-electron chi connectivity index (χ2n) is 4.02. The highest BCUT2D eigenvalue weighted by Gasteiger charge is 2.02. The topological polar surface area (TPSA) is 59.9 Å². The fraction of sp³-hybridized carbons (Fsp3) is 0.0667. The fourth-order valence-electron chi connectivity index (χ4n) is 1.50. The molecular weight excluding hydrogens is 292 g/mol. The van der Waals surface area contributed by atoms with Crippen LogP contribution in [-0.2, 0) is 4.84 Å². The third-order valence-electron chi connectivity index (χ3n) is 2.54. The van der Waals surface area contributed by atoms with Gasteiger partial charge in [0.1, 0.15) is 5.75 Å². The summed E-state index contributed by atoms with van der Waals surface area (Å²) >= 11 is 5.74. The lowest BCUT2D eigenvalue weighted by Crippen LogP contribution is -2.10. The highest BCUT2D eigenvalue weighted by Crippen LogP contribution is 2.13. The molecular formula is C15H13ClN2O3. The Balaban J connectivity index is 1.85. The second-order valence-corrected chi connectivity index (χ2v) is 4.45. The molecule has 0 aliphatic carbocycles. The maximum Gasteiger partial charge on any atom is 0.437 e. The number of ether oxygens (including phenoxy) is 1. The molecule has 0 saturated heterocycles. The van der Waals surface area contributed by atoms with Gasteiger partial charge in [0.2, 0.25) is 0 Å². The van der Waals surface area contributed by atoms with Crippen molar-refractivity contribution >= 4 is 29.6 Å². The van der Waals surface area contributed by atoms with Crippen LogP contribution in [0.25, 0.3) is 0 Å². The Kier molecular flexibility index (Phi) is 5.17. The van der Waals surface area contributed by atoms with Gasteiger partial charge in [0.15, 0.2) is 0 Å². The molecule has 0 radical (unpaired) electrons. The Morgan fingerprint density at radius 1 is 1.14 bits per heavy atom. The van der Waals surface area contributed by atoms with Crippen molar-refractivity contribution < 1.29 is 14.4 Å². The van der Waals surface area contributed by atoms with E-state index in [0.717, 1.165) is 11.3 Å². The van der Waals surface area contributed by atoms with Crippen molar-refractivity contribution in [3.8, 4) is 5.75 Å². The van der Waals surface area contributed by atoms with E-state index < -0.39 is 6.09 Å². The molecule has 21 heavy (non-hydrogen) atoms. The number of carbonyl (C=O) groups is 1. The summed E-state index contributed by atoms with van der Waals surface area (Å²) in [6.07, 6.45) is 0.753. The van der Waals surface area contributed by atoms with Gasteiger partial charge in [-0.15, -0.1) is 0 Å². The average molecular weight is 305 g/mol. The van der Waals surface area contributed by atoms with Gasteiger partial charge in [-0.2, -0.15) is 0 Å². The van der Waals surface area contributed by atoms with E-state index in [2.05, 4.69) is 10.5 Å². The van der Waals surface area contributed by atoms with Crippen LogP contribution in [0.2, 0.25) is 5.02 Å². The Labute approximate surface area is 127 Å². The third kappa shape index (κ3) is 4.81. The molecule has 5 nitrogen and oxygen atoms in total. The molecule has 2 rings (SSSR count). The van der Waals surface area contributed by atoms with Crippen molar-refractivity contribution in [1.29, 1.82) is 0 Å². The van der Waals surface area contributed by atoms with E-state index in [9.17, 15) is 4.79 Å². The van der Waals surface area contributed by atoms with Crippen LogP contribution in [0, 0.1) is 0 Å². The summed E-state index contributed by atoms with van der Waals surface area (Å²) in [6.45, 7) is 0. The van der Waals surface area contributed by atoms with E-state index in [1.54, 1.807) is 55.6 Å². The number of benzene rings is 2. The molecule has 0 aliphatic heterocycles. The van der Waals surface area contributed by atoms with Crippen LogP contribution in [-0.4, -0.2) is 19.4 Å². The first-order valence-electron chi connectivity index (χ1n) is 6.08. The number of nitrogens with one attached hydrogen (secondary N) is 1. The van der Waals surface area contributed by atoms with Crippen LogP contribution in [0.1, 0.15) is 5.56 Å². The summed E-state index contributed by atoms with van der Waals surface area (Å²) in [7, 11) is 1.59. The van der Waals surface area contributed by atoms with Crippen LogP contribution < -0.4 is 10.1 Å². The van der Waals surface area contributed by atoms with Gasteiger partial charge < -0.3 is 4.74 Å². The first-order valence-corrected chi connectivity index (χ1v) is 6.46. The summed E-state index contributed by atoms with van der Waals surface area (Å²) in [5, 5.41) is 6.72. The van der Waals surface area contributed by atoms with E-state index >= 15 is 0 Å². The van der Waals surface area contributed by atoms with Crippen molar-refractivity contribution in [3.63, 3.8) is 0 Å². The van der Waals surface area contributed by atoms with Gasteiger partial charge in [-0.05, 0) is 54.1 Å². The SMILES string of the molecule is COc1ccc(/C=N/OC(=O)Nc2ccc(Cl)cc2)cc1. The van der Waals surface area contributed by atoms with Crippen LogP contribution in [0.3, 0.4) is 0 Å². The van der Waals surface area contributed by atoms with Crippen LogP contribution in [0.5, 0.6) is 5.75 Å². The summed E-state index contributed by atoms with van der Waals surface area (Å²) in [4.78, 5) is 16.2. The zero-order chi connectivity index (χ0) is 15.1. The number of nitrogens with zero attached hydrogens (tertiary/aromatic N) is 1. The minimum Gasteiger partial charge on any atom is -0.497 e. The zero-order valence-electron chi connectivity index (χ0n) is 11.2. The van der Waals surface area contributed by atoms with Crippen LogP contribution >= 0.6 is 11.6 Å². The number of halogens is 1. The van der Waals surface area contributed by atoms with Crippen molar-refractivity contribution in [3.05, 3.63) is 59.1 Å². The van der Waals surface area contributed by atoms with Gasteiger partial charge in [-0.25, -0.2) is 4.79 Å². The molecule has 0 unspecified atom stereocenters. The smallest absolute Gasteiger partial charge is 0.437 e. The quantitative estimate of drug-likeness (QED) is 0.529. The molecule has 0 saturated carbocycles. The van der Waals surface area contributed by atoms with Crippen molar-refractivity contribution in [1.82, 2.24) is 0 Å². The Bertz CT molecular complexity index is 624. The molecule has 6 heteroatoms. The average Bonchev–Trinajstić information content (AvgIpc) is 2.50. The monoisotopic (exact) mass is 304 g/mol. The standard InChI is InChI=1S/C15H13ClN2O3/c1-20-14-8-2-11(3-9-14)10-17-21-15(19)18-13-6-4-12(16)5-7-13/h2-10H,1H3,(H,18,19)/b17-10+. The summed E-state index contributed by atoms with van der Waals surface area (Å²) in [5.41, 5.74) is 1.36. The molecule has 0 atom stereocenters. The van der Waals surface area contributed by atoms with E-state index in [0.29, 0.717) is 10.7 Å². The summed E-state index contributed by atoms with van der Waals surface area (Å²) in [5.74, 6) is 0.744. The van der Waals surface area contributed by atoms with Gasteiger partial charge in [-0.3, -0.25) is 10.2 Å². The van der Waals surface area contributed by atoms with E-state index in [1.165, 1.54) is 6.21 Å². The normalized spacial score (nSPS) is 10.4. The Morgan fingerprint density at radius 2 is 1.81 bits per heavy atom. The lowest BCUT2D eigenvalue weighted by molar-refractivity contribution is 0.167. The van der Waals surface area contributed by atoms with Gasteiger partial charge in [0.25, 0.3) is 0 Å². The predicted octanol–water partition coefficient (Wildman–Crippen LogP) is 3.93. The largest absolute Gasteiger partial charge is 0.497 e. The second kappa shape index (κ2) is 7.31. The van der Waals surface area contributed by atoms with Gasteiger partial charge in [0.05, 0.1) is 13.3 Å². The highest BCUT2D eigenvalue weighted by molar-refractivity contribution is 6.30. The first kappa shape index (κ1) is 14.9. The summed E-state index contributed by atoms with van der Waals surface area (Å²) in [6, 6.07) is 13.8. The predicted molar refractivity (Wildman–Crippen MR) is 82.1 cm³/mol. The number of oxime groups is 1. The minimum atomic E-state index is -0.679. The highest BCUT2D eigenvalue weighted by atomic mass is 35.5. The maximum atomic E-state index is 11.5. The van der Waals surface area contributed by atoms with E-state index in [-0.39, 0.29) is 0 Å². The number of carbonyl (C=O) groups excluding carboxylic acids is 1. The third-order valence-corrected chi connectivity index (χ3v) is 2.80. The van der Waals surface area contributed by atoms with Gasteiger partial charge in [-0.1, -0.05) is 16.8 Å². The van der Waals surface area contributed by atoms with Crippen molar-refractivity contribution in [2.24, 2.45) is 5.16 Å². The minimum absolute atomic E-state index is 0.573. The molecule has 2 aromatic carbocycles. The molecule has 0 aliphatic rings.